The van der Waals surface area contributed by atoms with E-state index in [2.05, 4.69) is 273 Å². The van der Waals surface area contributed by atoms with Gasteiger partial charge in [0.25, 0.3) is 0 Å². The summed E-state index contributed by atoms with van der Waals surface area (Å²) in [6.45, 7) is 42.0. The molecule has 0 saturated carbocycles. The fraction of sp³-hybridized carbons (Fsp3) is 0.524. The van der Waals surface area contributed by atoms with Gasteiger partial charge in [-0.3, -0.25) is 42.9 Å². The number of H-pyrrole nitrogens is 2. The minimum atomic E-state index is -0.763. The molecule has 4 aromatic heterocycles. The van der Waals surface area contributed by atoms with Gasteiger partial charge < -0.3 is 80.3 Å². The summed E-state index contributed by atoms with van der Waals surface area (Å²) in [6.07, 6.45) is 7.75. The number of aromatic amines is 2. The zero-order valence-electron chi connectivity index (χ0n) is 82.3. The molecule has 0 bridgehead atoms. The summed E-state index contributed by atoms with van der Waals surface area (Å²) in [7, 11) is 4.35. The van der Waals surface area contributed by atoms with Gasteiger partial charge in [-0.2, -0.15) is 0 Å². The first kappa shape index (κ1) is 101. The quantitative estimate of drug-likeness (QED) is 0.0193. The number of likely N-dealkylation sites (N-methyl/N-ethyl adjacent to an activating group) is 2. The molecule has 0 radical (unpaired) electrons. The average Bonchev–Trinajstić information content (AvgIpc) is 1.12. The number of fused-ring (bicyclic) bond motifs is 2. The van der Waals surface area contributed by atoms with E-state index < -0.39 is 36.7 Å². The van der Waals surface area contributed by atoms with Crippen LogP contribution in [0.2, 0.25) is 0 Å². The van der Waals surface area contributed by atoms with Gasteiger partial charge in [0, 0.05) is 169 Å². The van der Waals surface area contributed by atoms with Crippen molar-refractivity contribution < 1.29 is 43.0 Å². The van der Waals surface area contributed by atoms with E-state index in [0.717, 1.165) is 153 Å². The van der Waals surface area contributed by atoms with Gasteiger partial charge in [-0.05, 0) is 176 Å². The highest BCUT2D eigenvalue weighted by molar-refractivity contribution is 5.92. The molecule has 10 aromatic rings. The van der Waals surface area contributed by atoms with E-state index in [9.17, 15) is 33.6 Å². The summed E-state index contributed by atoms with van der Waals surface area (Å²) >= 11 is 0. The number of rotatable bonds is 44. The van der Waals surface area contributed by atoms with E-state index in [1.54, 1.807) is 21.8 Å². The van der Waals surface area contributed by atoms with Crippen molar-refractivity contribution in [2.24, 2.45) is 5.73 Å². The lowest BCUT2D eigenvalue weighted by Crippen LogP contribution is -2.51. The van der Waals surface area contributed by atoms with Crippen LogP contribution in [0.1, 0.15) is 195 Å². The van der Waals surface area contributed by atoms with Crippen LogP contribution >= 0.6 is 0 Å². The fourth-order valence-corrected chi connectivity index (χ4v) is 17.1. The second-order valence-electron chi connectivity index (χ2n) is 40.1. The molecule has 2 aliphatic heterocycles. The highest BCUT2D eigenvalue weighted by Crippen LogP contribution is 2.46. The normalized spacial score (nSPS) is 13.6. The van der Waals surface area contributed by atoms with Gasteiger partial charge in [0.1, 0.15) is 28.8 Å². The molecule has 2 fully saturated rings. The Morgan fingerprint density at radius 2 is 0.799 bits per heavy atom. The van der Waals surface area contributed by atoms with Crippen LogP contribution in [0, 0.1) is 0 Å². The molecule has 0 aliphatic carbocycles. The van der Waals surface area contributed by atoms with E-state index >= 15 is 0 Å². The van der Waals surface area contributed by atoms with Gasteiger partial charge in [0.15, 0.2) is 0 Å². The predicted molar refractivity (Wildman–Crippen MR) is 530 cm³/mol. The number of primary amides is 1. The van der Waals surface area contributed by atoms with Crippen LogP contribution in [0.3, 0.4) is 0 Å². The van der Waals surface area contributed by atoms with Gasteiger partial charge in [-0.15, -0.1) is 10.2 Å². The van der Waals surface area contributed by atoms with Gasteiger partial charge >= 0.3 is 0 Å². The number of amides is 7. The Morgan fingerprint density at radius 3 is 1.18 bits per heavy atom. The van der Waals surface area contributed by atoms with Crippen molar-refractivity contribution in [2.75, 3.05) is 155 Å². The lowest BCUT2D eigenvalue weighted by atomic mass is 9.78. The molecular weight excluding hydrogens is 1690 g/mol. The molecule has 2 aliphatic rings. The molecule has 12 rings (SSSR count). The summed E-state index contributed by atoms with van der Waals surface area (Å²) < 4.78 is 16.7. The molecule has 0 unspecified atom stereocenters. The summed E-state index contributed by atoms with van der Waals surface area (Å²) in [4.78, 5) is 128. The number of aryl methyl sites for hydroxylation is 2. The monoisotopic (exact) mass is 1830 g/mol. The van der Waals surface area contributed by atoms with Crippen LogP contribution in [0.15, 0.2) is 122 Å². The zero-order valence-corrected chi connectivity index (χ0v) is 82.3. The second-order valence-corrected chi connectivity index (χ2v) is 40.1. The Labute approximate surface area is 790 Å². The molecule has 31 heteroatoms. The highest BCUT2D eigenvalue weighted by atomic mass is 16.5. The van der Waals surface area contributed by atoms with E-state index in [4.69, 9.17) is 25.2 Å². The summed E-state index contributed by atoms with van der Waals surface area (Å²) in [5, 5.41) is 26.3. The van der Waals surface area contributed by atoms with E-state index in [1.165, 1.54) is 31.0 Å². The topological polar surface area (TPSA) is 345 Å². The maximum atomic E-state index is 14.2. The van der Waals surface area contributed by atoms with Gasteiger partial charge in [-0.1, -0.05) is 151 Å². The number of hydrogen-bond acceptors (Lipinski definition) is 20. The molecule has 720 valence electrons. The number of imidazole rings is 2. The lowest BCUT2D eigenvalue weighted by Gasteiger charge is -2.34. The molecule has 0 spiro atoms. The van der Waals surface area contributed by atoms with Crippen molar-refractivity contribution in [3.63, 3.8) is 0 Å². The third-order valence-electron chi connectivity index (χ3n) is 24.7. The number of anilines is 2. The lowest BCUT2D eigenvalue weighted by molar-refractivity contribution is -0.146. The van der Waals surface area contributed by atoms with Crippen molar-refractivity contribution in [1.82, 2.24) is 95.3 Å². The smallest absolute Gasteiger partial charge is 0.243 e. The number of nitrogens with one attached hydrogen (secondary N) is 5. The molecule has 2 saturated heterocycles. The standard InChI is InChI=1S/C103H144N22O9/c1-18-41-120(92(129)63-105-62-77-65-124(114-112-77)44-23-39-106-90(127)25-21-54-133-96-81(100(4,5)6)56-75(57-82(96)101(7,8)9)98-108-85-37-31-73(60-87(85)110-98)71-27-33-79(34-28-71)118-50-46-116(16)47-51-118)68-93(130)121(42-19-2)69-94(131)122(43-20-3)70-95(132)123(67-89(104)126)64-78-66-125(115-113-78)45-24-40-107-91(128)26-22-55-134-97-83(102(10,11)12)58-76(59-84(97)103(13,14)15)99-109-86-38-32-74(61-88(86)111-99)72-29-35-80(36-30-72)119-52-48-117(17)49-53-119/h27-38,56-61,65-66,105H,18-26,39-55,62-64,67-70H2,1-17H3,(H2,104,126)(H,106,127)(H,107,128)(H,108,110)(H,109,111). The van der Waals surface area contributed by atoms with Crippen LogP contribution in [0.5, 0.6) is 11.5 Å². The molecule has 134 heavy (non-hydrogen) atoms. The van der Waals surface area contributed by atoms with E-state index in [-0.39, 0.29) is 91.6 Å². The van der Waals surface area contributed by atoms with Crippen molar-refractivity contribution in [1.29, 1.82) is 0 Å². The Hall–Kier alpha value is -12.1. The fourth-order valence-electron chi connectivity index (χ4n) is 17.1. The average molecular weight is 1830 g/mol. The number of ether oxygens (including phenoxy) is 2. The van der Waals surface area contributed by atoms with Crippen LogP contribution in [0.25, 0.3) is 67.1 Å². The number of nitrogens with zero attached hydrogens (tertiary/aromatic N) is 16. The van der Waals surface area contributed by atoms with Crippen LogP contribution in [-0.4, -0.2) is 266 Å². The maximum Gasteiger partial charge on any atom is 0.243 e. The van der Waals surface area contributed by atoms with Crippen molar-refractivity contribution in [3.05, 3.63) is 155 Å². The van der Waals surface area contributed by atoms with Crippen molar-refractivity contribution >= 4 is 74.8 Å². The molecule has 7 N–H and O–H groups in total. The maximum absolute atomic E-state index is 14.2. The Balaban J connectivity index is 0.545. The number of benzene rings is 6. The minimum Gasteiger partial charge on any atom is -0.493 e. The molecule has 0 atom stereocenters. The first-order valence-electron chi connectivity index (χ1n) is 48.0. The van der Waals surface area contributed by atoms with E-state index in [0.29, 0.717) is 109 Å². The summed E-state index contributed by atoms with van der Waals surface area (Å²) in [6, 6.07) is 39.3. The van der Waals surface area contributed by atoms with Gasteiger partial charge in [-0.25, -0.2) is 9.97 Å². The molecule has 31 nitrogen and oxygen atoms in total. The first-order valence-corrected chi connectivity index (χ1v) is 48.0. The second kappa shape index (κ2) is 45.8. The Kier molecular flexibility index (Phi) is 34.5. The predicted octanol–water partition coefficient (Wildman–Crippen LogP) is 13.0. The number of piperazine rings is 2. The highest BCUT2D eigenvalue weighted by Gasteiger charge is 2.34. The molecule has 6 heterocycles. The van der Waals surface area contributed by atoms with Crippen molar-refractivity contribution in [3.8, 4) is 56.5 Å². The van der Waals surface area contributed by atoms with Crippen molar-refractivity contribution in [2.45, 2.75) is 209 Å². The van der Waals surface area contributed by atoms with Crippen LogP contribution in [-0.2, 0) is 81.4 Å². The molecular formula is C103H144N22O9. The largest absolute Gasteiger partial charge is 0.493 e. The Bertz CT molecular complexity index is 5560. The molecule has 7 amide bonds. The third kappa shape index (κ3) is 27.8. The molecule has 6 aromatic carbocycles. The first-order chi connectivity index (χ1) is 63.9. The van der Waals surface area contributed by atoms with Gasteiger partial charge in [0.2, 0.25) is 41.4 Å². The minimum absolute atomic E-state index is 0.0701. The summed E-state index contributed by atoms with van der Waals surface area (Å²) in [5.74, 6) is 0.532. The van der Waals surface area contributed by atoms with Crippen LogP contribution in [0.4, 0.5) is 11.4 Å². The summed E-state index contributed by atoms with van der Waals surface area (Å²) in [5.41, 5.74) is 22.5. The SMILES string of the molecule is CCCN(CC(=O)N(CCC)CC(=O)N(CCC)CC(=O)N(CC(N)=O)Cc1cn(CCCNC(=O)CCCOc2c(C(C)(C)C)cc(-c3nc4cc(-c5ccc(N6CCN(C)CC6)cc5)ccc4[nH]3)cc2C(C)(C)C)nn1)C(=O)CNCc1cn(CCCNC(=O)CCCOc2c(C(C)(C)C)cc(-c3nc4cc(-c5ccc(N6CCN(C)CC6)cc5)ccc4[nH]3)cc2C(C)(C)C)nn1. The number of carbonyl (C=O) groups is 7. The third-order valence-corrected chi connectivity index (χ3v) is 24.7. The van der Waals surface area contributed by atoms with Gasteiger partial charge in [0.05, 0.1) is 86.4 Å². The number of aromatic nitrogens is 10. The van der Waals surface area contributed by atoms with E-state index in [1.807, 2.05) is 20.8 Å². The Morgan fingerprint density at radius 1 is 0.433 bits per heavy atom. The number of nitrogens with two attached hydrogens (primary N) is 1. The van der Waals surface area contributed by atoms with Crippen LogP contribution < -0.4 is 41.0 Å². The number of carbonyl (C=O) groups excluding carboxylic acids is 7. The number of hydrogen-bond donors (Lipinski definition) is 6. The zero-order chi connectivity index (χ0) is 96.2.